The summed E-state index contributed by atoms with van der Waals surface area (Å²) in [6, 6.07) is 27.7. The van der Waals surface area contributed by atoms with Crippen LogP contribution in [0.2, 0.25) is 0 Å². The number of para-hydroxylation sites is 1. The monoisotopic (exact) mass is 582 g/mol. The Labute approximate surface area is 250 Å². The Kier molecular flexibility index (Phi) is 8.60. The number of thioether (sulfide) groups is 1. The van der Waals surface area contributed by atoms with Crippen molar-refractivity contribution in [1.29, 1.82) is 0 Å². The zero-order valence-corrected chi connectivity index (χ0v) is 24.1. The molecule has 0 aromatic heterocycles. The molecule has 1 saturated heterocycles. The number of benzene rings is 3. The fourth-order valence-electron chi connectivity index (χ4n) is 6.02. The van der Waals surface area contributed by atoms with E-state index >= 15 is 0 Å². The van der Waals surface area contributed by atoms with Crippen molar-refractivity contribution in [2.45, 2.75) is 49.6 Å². The summed E-state index contributed by atoms with van der Waals surface area (Å²) in [6.45, 7) is -0.195. The SMILES string of the molecule is O=C(COc1ccccc1)NC1C(=O)N2C(C(=O)OC(c3ccccc3)c3ccccc3)=C(C3CCCCC3)CS[C@@H]12. The van der Waals surface area contributed by atoms with Gasteiger partial charge in [0.15, 0.2) is 12.7 Å². The molecule has 3 aromatic rings. The van der Waals surface area contributed by atoms with E-state index in [-0.39, 0.29) is 29.7 Å². The minimum Gasteiger partial charge on any atom is -0.484 e. The molecule has 2 fully saturated rings. The first-order valence-electron chi connectivity index (χ1n) is 14.6. The van der Waals surface area contributed by atoms with Crippen molar-refractivity contribution in [2.24, 2.45) is 5.92 Å². The molecule has 3 aromatic carbocycles. The lowest BCUT2D eigenvalue weighted by Gasteiger charge is -2.50. The molecule has 0 radical (unpaired) electrons. The highest BCUT2D eigenvalue weighted by Crippen LogP contribution is 2.45. The number of carbonyl (C=O) groups excluding carboxylic acids is 3. The molecule has 8 heteroatoms. The number of fused-ring (bicyclic) bond motifs is 1. The highest BCUT2D eigenvalue weighted by Gasteiger charge is 2.55. The molecule has 1 N–H and O–H groups in total. The second-order valence-corrected chi connectivity index (χ2v) is 12.0. The van der Waals surface area contributed by atoms with Gasteiger partial charge in [-0.05, 0) is 47.6 Å². The van der Waals surface area contributed by atoms with Gasteiger partial charge in [0.05, 0.1) is 0 Å². The quantitative estimate of drug-likeness (QED) is 0.260. The largest absolute Gasteiger partial charge is 0.484 e. The lowest BCUT2D eigenvalue weighted by Crippen LogP contribution is -2.71. The molecule has 7 nitrogen and oxygen atoms in total. The summed E-state index contributed by atoms with van der Waals surface area (Å²) < 4.78 is 11.8. The third kappa shape index (κ3) is 5.95. The molecule has 216 valence electrons. The maximum absolute atomic E-state index is 14.1. The Morgan fingerprint density at radius 2 is 1.45 bits per heavy atom. The van der Waals surface area contributed by atoms with E-state index in [0.29, 0.717) is 17.2 Å². The molecular formula is C34H34N2O5S. The van der Waals surface area contributed by atoms with Gasteiger partial charge in [-0.1, -0.05) is 98.1 Å². The van der Waals surface area contributed by atoms with Gasteiger partial charge in [-0.15, -0.1) is 11.8 Å². The van der Waals surface area contributed by atoms with Crippen LogP contribution in [0.3, 0.4) is 0 Å². The van der Waals surface area contributed by atoms with Crippen LogP contribution in [0.1, 0.15) is 49.3 Å². The van der Waals surface area contributed by atoms with Gasteiger partial charge in [-0.25, -0.2) is 4.79 Å². The predicted octanol–water partition coefficient (Wildman–Crippen LogP) is 5.63. The summed E-state index contributed by atoms with van der Waals surface area (Å²) in [5, 5.41) is 2.46. The lowest BCUT2D eigenvalue weighted by molar-refractivity contribution is -0.155. The van der Waals surface area contributed by atoms with E-state index in [1.165, 1.54) is 6.42 Å². The van der Waals surface area contributed by atoms with E-state index in [2.05, 4.69) is 5.32 Å². The molecule has 0 spiro atoms. The molecule has 1 saturated carbocycles. The molecule has 3 aliphatic rings. The van der Waals surface area contributed by atoms with E-state index < -0.39 is 18.1 Å². The van der Waals surface area contributed by atoms with Gasteiger partial charge in [-0.3, -0.25) is 14.5 Å². The molecule has 0 bridgehead atoms. The average Bonchev–Trinajstić information content (AvgIpc) is 3.06. The van der Waals surface area contributed by atoms with Crippen molar-refractivity contribution >= 4 is 29.5 Å². The first kappa shape index (κ1) is 28.1. The Hall–Kier alpha value is -4.04. The Balaban J connectivity index is 1.24. The van der Waals surface area contributed by atoms with Gasteiger partial charge in [-0.2, -0.15) is 0 Å². The van der Waals surface area contributed by atoms with Crippen LogP contribution < -0.4 is 10.1 Å². The lowest BCUT2D eigenvalue weighted by atomic mass is 9.82. The maximum Gasteiger partial charge on any atom is 0.356 e. The van der Waals surface area contributed by atoms with Crippen molar-refractivity contribution in [1.82, 2.24) is 10.2 Å². The summed E-state index contributed by atoms with van der Waals surface area (Å²) >= 11 is 1.60. The van der Waals surface area contributed by atoms with Crippen LogP contribution in [0, 0.1) is 5.92 Å². The summed E-state index contributed by atoms with van der Waals surface area (Å²) in [6.07, 6.45) is 4.78. The average molecular weight is 583 g/mol. The highest BCUT2D eigenvalue weighted by atomic mass is 32.2. The van der Waals surface area contributed by atoms with Gasteiger partial charge in [0.2, 0.25) is 0 Å². The number of carbonyl (C=O) groups is 3. The number of rotatable bonds is 9. The molecule has 1 aliphatic carbocycles. The van der Waals surface area contributed by atoms with E-state index in [1.54, 1.807) is 28.8 Å². The normalized spacial score (nSPS) is 20.5. The number of ether oxygens (including phenoxy) is 2. The van der Waals surface area contributed by atoms with Gasteiger partial charge in [0.25, 0.3) is 11.8 Å². The van der Waals surface area contributed by atoms with Crippen LogP contribution in [-0.4, -0.2) is 46.5 Å². The smallest absolute Gasteiger partial charge is 0.356 e. The Morgan fingerprint density at radius 1 is 0.857 bits per heavy atom. The third-order valence-corrected chi connectivity index (χ3v) is 9.45. The Morgan fingerprint density at radius 3 is 2.07 bits per heavy atom. The van der Waals surface area contributed by atoms with Gasteiger partial charge >= 0.3 is 5.97 Å². The summed E-state index contributed by atoms with van der Waals surface area (Å²) in [5.74, 6) is 0.273. The fraction of sp³-hybridized carbons (Fsp3) is 0.324. The van der Waals surface area contributed by atoms with Crippen molar-refractivity contribution < 1.29 is 23.9 Å². The van der Waals surface area contributed by atoms with Crippen molar-refractivity contribution in [2.75, 3.05) is 12.4 Å². The molecule has 6 rings (SSSR count). The molecule has 2 heterocycles. The van der Waals surface area contributed by atoms with Crippen molar-refractivity contribution in [3.8, 4) is 5.75 Å². The molecule has 2 amide bonds. The van der Waals surface area contributed by atoms with Crippen LogP contribution in [0.15, 0.2) is 102 Å². The van der Waals surface area contributed by atoms with Gasteiger partial charge < -0.3 is 14.8 Å². The molecule has 42 heavy (non-hydrogen) atoms. The topological polar surface area (TPSA) is 84.9 Å². The second-order valence-electron chi connectivity index (χ2n) is 10.9. The maximum atomic E-state index is 14.1. The minimum absolute atomic E-state index is 0.195. The second kappa shape index (κ2) is 12.9. The standard InChI is InChI=1S/C34H34N2O5S/c37-28(21-40-26-19-11-4-12-20-26)35-29-32(38)36-30(27(22-42-33(29)36)23-13-5-1-6-14-23)34(39)41-31(24-15-7-2-8-16-24)25-17-9-3-10-18-25/h2-4,7-12,15-20,23,29,31,33H,1,5-6,13-14,21-22H2,(H,35,37)/t29?,33-/m0/s1. The van der Waals surface area contributed by atoms with Gasteiger partial charge in [0, 0.05) is 5.75 Å². The minimum atomic E-state index is -0.725. The van der Waals surface area contributed by atoms with E-state index in [0.717, 1.165) is 42.4 Å². The zero-order chi connectivity index (χ0) is 28.9. The predicted molar refractivity (Wildman–Crippen MR) is 161 cm³/mol. The third-order valence-electron chi connectivity index (χ3n) is 8.15. The number of β-lactam (4-membered cyclic amide) rings is 1. The summed E-state index contributed by atoms with van der Waals surface area (Å²) in [5.41, 5.74) is 3.07. The number of nitrogens with zero attached hydrogens (tertiary/aromatic N) is 1. The van der Waals surface area contributed by atoms with Crippen LogP contribution in [0.4, 0.5) is 0 Å². The summed E-state index contributed by atoms with van der Waals surface area (Å²) in [7, 11) is 0. The van der Waals surface area contributed by atoms with Crippen LogP contribution in [0.25, 0.3) is 0 Å². The molecule has 2 atom stereocenters. The van der Waals surface area contributed by atoms with Crippen LogP contribution in [-0.2, 0) is 19.1 Å². The first-order valence-corrected chi connectivity index (χ1v) is 15.6. The van der Waals surface area contributed by atoms with Crippen molar-refractivity contribution in [3.63, 3.8) is 0 Å². The zero-order valence-electron chi connectivity index (χ0n) is 23.3. The number of nitrogens with one attached hydrogen (secondary N) is 1. The number of hydrogen-bond donors (Lipinski definition) is 1. The first-order chi connectivity index (χ1) is 20.6. The Bertz CT molecular complexity index is 1400. The summed E-state index contributed by atoms with van der Waals surface area (Å²) in [4.78, 5) is 42.0. The molecule has 2 aliphatic heterocycles. The van der Waals surface area contributed by atoms with E-state index in [4.69, 9.17) is 9.47 Å². The molecule has 1 unspecified atom stereocenters. The van der Waals surface area contributed by atoms with E-state index in [1.807, 2.05) is 78.9 Å². The number of hydrogen-bond acceptors (Lipinski definition) is 6. The van der Waals surface area contributed by atoms with Crippen LogP contribution in [0.5, 0.6) is 5.75 Å². The number of esters is 1. The van der Waals surface area contributed by atoms with E-state index in [9.17, 15) is 14.4 Å². The van der Waals surface area contributed by atoms with Crippen molar-refractivity contribution in [3.05, 3.63) is 113 Å². The number of amides is 2. The molecular weight excluding hydrogens is 548 g/mol. The highest BCUT2D eigenvalue weighted by molar-refractivity contribution is 8.00. The van der Waals surface area contributed by atoms with Gasteiger partial charge in [0.1, 0.15) is 22.9 Å². The fourth-order valence-corrected chi connectivity index (χ4v) is 7.48. The van der Waals surface area contributed by atoms with Crippen LogP contribution >= 0.6 is 11.8 Å².